The minimum absolute atomic E-state index is 0.00392. The van der Waals surface area contributed by atoms with E-state index < -0.39 is 11.4 Å². The monoisotopic (exact) mass is 359 g/mol. The first kappa shape index (κ1) is 18.4. The van der Waals surface area contributed by atoms with Gasteiger partial charge in [0, 0.05) is 25.3 Å². The van der Waals surface area contributed by atoms with Crippen LogP contribution >= 0.6 is 0 Å². The van der Waals surface area contributed by atoms with Gasteiger partial charge in [-0.25, -0.2) is 4.39 Å². The molecule has 0 radical (unpaired) electrons. The molecular weight excluding hydrogens is 337 g/mol. The highest BCUT2D eigenvalue weighted by Gasteiger charge is 2.39. The van der Waals surface area contributed by atoms with E-state index in [0.29, 0.717) is 30.9 Å². The van der Waals surface area contributed by atoms with Gasteiger partial charge in [-0.05, 0) is 36.2 Å². The minimum atomic E-state index is -1.15. The van der Waals surface area contributed by atoms with Crippen molar-refractivity contribution in [2.45, 2.75) is 18.6 Å². The predicted molar refractivity (Wildman–Crippen MR) is 94.5 cm³/mol. The Balaban J connectivity index is 1.61. The van der Waals surface area contributed by atoms with Gasteiger partial charge < -0.3 is 19.5 Å². The number of benzene rings is 2. The molecule has 2 aromatic rings. The highest BCUT2D eigenvalue weighted by Crippen LogP contribution is 2.25. The lowest BCUT2D eigenvalue weighted by Gasteiger charge is -2.23. The topological polar surface area (TPSA) is 59.0 Å². The zero-order chi connectivity index (χ0) is 18.6. The SMILES string of the molecule is COCc1cccc(C(=O)N2CC[C@@](O)(COc3cccc(F)c3)C2)c1. The van der Waals surface area contributed by atoms with Gasteiger partial charge >= 0.3 is 0 Å². The van der Waals surface area contributed by atoms with Crippen LogP contribution < -0.4 is 4.74 Å². The summed E-state index contributed by atoms with van der Waals surface area (Å²) in [5.41, 5.74) is 0.337. The third kappa shape index (κ3) is 4.39. The maximum atomic E-state index is 13.2. The summed E-state index contributed by atoms with van der Waals surface area (Å²) in [5, 5.41) is 10.7. The normalized spacial score (nSPS) is 19.6. The number of rotatable bonds is 6. The molecule has 1 heterocycles. The van der Waals surface area contributed by atoms with Crippen LogP contribution in [0.1, 0.15) is 22.3 Å². The van der Waals surface area contributed by atoms with E-state index in [9.17, 15) is 14.3 Å². The summed E-state index contributed by atoms with van der Waals surface area (Å²) < 4.78 is 23.8. The van der Waals surface area contributed by atoms with Crippen LogP contribution in [0.4, 0.5) is 4.39 Å². The molecule has 0 bridgehead atoms. The van der Waals surface area contributed by atoms with Crippen molar-refractivity contribution in [1.82, 2.24) is 4.90 Å². The molecule has 1 N–H and O–H groups in total. The van der Waals surface area contributed by atoms with Crippen LogP contribution in [0.25, 0.3) is 0 Å². The fourth-order valence-electron chi connectivity index (χ4n) is 3.07. The Morgan fingerprint density at radius 2 is 2.08 bits per heavy atom. The van der Waals surface area contributed by atoms with E-state index in [4.69, 9.17) is 9.47 Å². The zero-order valence-corrected chi connectivity index (χ0v) is 14.7. The molecule has 1 amide bonds. The van der Waals surface area contributed by atoms with E-state index in [1.807, 2.05) is 12.1 Å². The average Bonchev–Trinajstić information content (AvgIpc) is 3.03. The molecule has 2 aromatic carbocycles. The van der Waals surface area contributed by atoms with Crippen LogP contribution in [0, 0.1) is 5.82 Å². The number of halogens is 1. The standard InChI is InChI=1S/C20H22FNO4/c1-25-12-15-4-2-5-16(10-15)19(23)22-9-8-20(24,13-22)14-26-18-7-3-6-17(21)11-18/h2-7,10-11,24H,8-9,12-14H2,1H3/t20-/m0/s1. The van der Waals surface area contributed by atoms with Crippen LogP contribution in [0.3, 0.4) is 0 Å². The number of hydrogen-bond acceptors (Lipinski definition) is 4. The summed E-state index contributed by atoms with van der Waals surface area (Å²) in [6.45, 7) is 1.06. The van der Waals surface area contributed by atoms with E-state index in [2.05, 4.69) is 0 Å². The molecule has 1 atom stereocenters. The van der Waals surface area contributed by atoms with Gasteiger partial charge in [0.15, 0.2) is 0 Å². The van der Waals surface area contributed by atoms with E-state index in [0.717, 1.165) is 5.56 Å². The second kappa shape index (κ2) is 7.85. The Morgan fingerprint density at radius 3 is 2.85 bits per heavy atom. The molecule has 5 nitrogen and oxygen atoms in total. The lowest BCUT2D eigenvalue weighted by molar-refractivity contribution is 0.00422. The van der Waals surface area contributed by atoms with Crippen LogP contribution in [0.2, 0.25) is 0 Å². The minimum Gasteiger partial charge on any atom is -0.490 e. The van der Waals surface area contributed by atoms with Gasteiger partial charge in [0.2, 0.25) is 0 Å². The van der Waals surface area contributed by atoms with E-state index >= 15 is 0 Å². The van der Waals surface area contributed by atoms with Crippen molar-refractivity contribution >= 4 is 5.91 Å². The largest absolute Gasteiger partial charge is 0.490 e. The quantitative estimate of drug-likeness (QED) is 0.861. The maximum absolute atomic E-state index is 13.2. The van der Waals surface area contributed by atoms with Gasteiger partial charge in [-0.1, -0.05) is 18.2 Å². The summed E-state index contributed by atoms with van der Waals surface area (Å²) in [4.78, 5) is 14.3. The molecule has 6 heteroatoms. The van der Waals surface area contributed by atoms with E-state index in [1.165, 1.54) is 12.1 Å². The average molecular weight is 359 g/mol. The Hall–Kier alpha value is -2.44. The number of likely N-dealkylation sites (tertiary alicyclic amines) is 1. The molecule has 138 valence electrons. The molecule has 0 spiro atoms. The Labute approximate surface area is 152 Å². The molecule has 0 aromatic heterocycles. The molecule has 1 fully saturated rings. The summed E-state index contributed by atoms with van der Waals surface area (Å²) in [6.07, 6.45) is 0.409. The number of carbonyl (C=O) groups is 1. The van der Waals surface area contributed by atoms with Gasteiger partial charge in [0.05, 0.1) is 13.2 Å². The van der Waals surface area contributed by atoms with Crippen LogP contribution in [0.15, 0.2) is 48.5 Å². The fourth-order valence-corrected chi connectivity index (χ4v) is 3.07. The van der Waals surface area contributed by atoms with Crippen molar-refractivity contribution in [2.75, 3.05) is 26.8 Å². The van der Waals surface area contributed by atoms with Crippen molar-refractivity contribution in [3.05, 3.63) is 65.5 Å². The highest BCUT2D eigenvalue weighted by atomic mass is 19.1. The Kier molecular flexibility index (Phi) is 5.54. The predicted octanol–water partition coefficient (Wildman–Crippen LogP) is 2.63. The smallest absolute Gasteiger partial charge is 0.253 e. The Morgan fingerprint density at radius 1 is 1.27 bits per heavy atom. The molecule has 0 aliphatic carbocycles. The van der Waals surface area contributed by atoms with Crippen molar-refractivity contribution in [1.29, 1.82) is 0 Å². The van der Waals surface area contributed by atoms with Gasteiger partial charge in [0.25, 0.3) is 5.91 Å². The maximum Gasteiger partial charge on any atom is 0.253 e. The third-order valence-electron chi connectivity index (χ3n) is 4.41. The first-order valence-corrected chi connectivity index (χ1v) is 8.47. The second-order valence-electron chi connectivity index (χ2n) is 6.58. The number of aliphatic hydroxyl groups is 1. The number of β-amino-alcohol motifs (C(OH)–C–C–N with tert-alkyl or cyclic N) is 1. The highest BCUT2D eigenvalue weighted by molar-refractivity contribution is 5.94. The lowest BCUT2D eigenvalue weighted by Crippen LogP contribution is -2.40. The number of nitrogens with zero attached hydrogens (tertiary/aromatic N) is 1. The van der Waals surface area contributed by atoms with Gasteiger partial charge in [0.1, 0.15) is 23.8 Å². The number of hydrogen-bond donors (Lipinski definition) is 1. The van der Waals surface area contributed by atoms with Crippen LogP contribution in [-0.2, 0) is 11.3 Å². The van der Waals surface area contributed by atoms with Crippen molar-refractivity contribution in [3.63, 3.8) is 0 Å². The molecule has 3 rings (SSSR count). The first-order chi connectivity index (χ1) is 12.5. The first-order valence-electron chi connectivity index (χ1n) is 8.47. The van der Waals surface area contributed by atoms with Crippen LogP contribution in [0.5, 0.6) is 5.75 Å². The van der Waals surface area contributed by atoms with Gasteiger partial charge in [-0.3, -0.25) is 4.79 Å². The molecule has 1 aliphatic heterocycles. The van der Waals surface area contributed by atoms with Crippen LogP contribution in [-0.4, -0.2) is 48.3 Å². The summed E-state index contributed by atoms with van der Waals surface area (Å²) in [7, 11) is 1.60. The third-order valence-corrected chi connectivity index (χ3v) is 4.41. The van der Waals surface area contributed by atoms with Crippen molar-refractivity contribution in [3.8, 4) is 5.75 Å². The Bertz CT molecular complexity index is 782. The van der Waals surface area contributed by atoms with Crippen molar-refractivity contribution < 1.29 is 23.8 Å². The molecule has 1 aliphatic rings. The van der Waals surface area contributed by atoms with Gasteiger partial charge in [-0.15, -0.1) is 0 Å². The molecule has 0 saturated carbocycles. The van der Waals surface area contributed by atoms with Gasteiger partial charge in [-0.2, -0.15) is 0 Å². The number of ether oxygens (including phenoxy) is 2. The molecule has 1 saturated heterocycles. The number of methoxy groups -OCH3 is 1. The summed E-state index contributed by atoms with van der Waals surface area (Å²) in [6, 6.07) is 13.0. The van der Waals surface area contributed by atoms with Crippen molar-refractivity contribution in [2.24, 2.45) is 0 Å². The molecule has 26 heavy (non-hydrogen) atoms. The molecular formula is C20H22FNO4. The zero-order valence-electron chi connectivity index (χ0n) is 14.7. The summed E-state index contributed by atoms with van der Waals surface area (Å²) >= 11 is 0. The second-order valence-corrected chi connectivity index (χ2v) is 6.58. The fraction of sp³-hybridized carbons (Fsp3) is 0.350. The number of carbonyl (C=O) groups excluding carboxylic acids is 1. The molecule has 0 unspecified atom stereocenters. The lowest BCUT2D eigenvalue weighted by atomic mass is 10.1. The van der Waals surface area contributed by atoms with E-state index in [-0.39, 0.29) is 19.1 Å². The number of amides is 1. The van der Waals surface area contributed by atoms with E-state index in [1.54, 1.807) is 36.3 Å². The summed E-state index contributed by atoms with van der Waals surface area (Å²) in [5.74, 6) is -0.172.